The van der Waals surface area contributed by atoms with Gasteiger partial charge in [-0.25, -0.2) is 0 Å². The van der Waals surface area contributed by atoms with Crippen LogP contribution in [0.4, 0.5) is 5.69 Å². The molecule has 1 rings (SSSR count). The smallest absolute Gasteiger partial charge is 0.294 e. The Morgan fingerprint density at radius 3 is 2.40 bits per heavy atom. The highest BCUT2D eigenvalue weighted by Crippen LogP contribution is 2.18. The molecule has 0 saturated carbocycles. The highest BCUT2D eigenvalue weighted by atomic mass is 32.2. The Hall–Kier alpha value is -1.40. The Morgan fingerprint density at radius 1 is 1.33 bits per heavy atom. The summed E-state index contributed by atoms with van der Waals surface area (Å²) in [6, 6.07) is 4.13. The molecule has 1 amide bonds. The second kappa shape index (κ2) is 4.00. The SMILES string of the molecule is CC(=O)Nc1cc(C)cc(S(=O)(=O)O)c1. The molecule has 82 valence electrons. The molecule has 0 heterocycles. The number of anilines is 1. The molecule has 1 aromatic rings. The van der Waals surface area contributed by atoms with Crippen LogP contribution >= 0.6 is 0 Å². The third-order valence-electron chi connectivity index (χ3n) is 1.67. The summed E-state index contributed by atoms with van der Waals surface area (Å²) in [5.41, 5.74) is 0.976. The summed E-state index contributed by atoms with van der Waals surface area (Å²) in [4.78, 5) is 10.5. The van der Waals surface area contributed by atoms with E-state index in [4.69, 9.17) is 4.55 Å². The lowest BCUT2D eigenvalue weighted by atomic mass is 10.2. The summed E-state index contributed by atoms with van der Waals surface area (Å²) in [5.74, 6) is -0.304. The molecule has 0 aliphatic rings. The van der Waals surface area contributed by atoms with Crippen LogP contribution in [0, 0.1) is 6.92 Å². The molecule has 0 aromatic heterocycles. The van der Waals surface area contributed by atoms with Crippen molar-refractivity contribution in [1.82, 2.24) is 0 Å². The van der Waals surface area contributed by atoms with Crippen molar-refractivity contribution in [1.29, 1.82) is 0 Å². The molecule has 15 heavy (non-hydrogen) atoms. The van der Waals surface area contributed by atoms with E-state index in [0.717, 1.165) is 0 Å². The van der Waals surface area contributed by atoms with Gasteiger partial charge in [-0.1, -0.05) is 0 Å². The number of hydrogen-bond acceptors (Lipinski definition) is 3. The van der Waals surface area contributed by atoms with Crippen molar-refractivity contribution >= 4 is 21.7 Å². The molecule has 0 aliphatic heterocycles. The van der Waals surface area contributed by atoms with E-state index in [9.17, 15) is 13.2 Å². The van der Waals surface area contributed by atoms with Gasteiger partial charge < -0.3 is 5.32 Å². The normalized spacial score (nSPS) is 11.1. The fourth-order valence-electron chi connectivity index (χ4n) is 1.17. The second-order valence-electron chi connectivity index (χ2n) is 3.19. The largest absolute Gasteiger partial charge is 0.326 e. The lowest BCUT2D eigenvalue weighted by Crippen LogP contribution is -2.07. The average Bonchev–Trinajstić information content (AvgIpc) is 1.99. The van der Waals surface area contributed by atoms with Gasteiger partial charge in [0.25, 0.3) is 10.1 Å². The van der Waals surface area contributed by atoms with Crippen molar-refractivity contribution < 1.29 is 17.8 Å². The van der Waals surface area contributed by atoms with E-state index in [1.165, 1.54) is 19.1 Å². The molecule has 0 saturated heterocycles. The first-order chi connectivity index (χ1) is 6.79. The molecule has 0 spiro atoms. The van der Waals surface area contributed by atoms with Gasteiger partial charge in [0.15, 0.2) is 0 Å². The molecule has 0 unspecified atom stereocenters. The number of amides is 1. The van der Waals surface area contributed by atoms with E-state index in [1.807, 2.05) is 0 Å². The molecule has 6 heteroatoms. The van der Waals surface area contributed by atoms with E-state index in [1.54, 1.807) is 13.0 Å². The number of rotatable bonds is 2. The summed E-state index contributed by atoms with van der Waals surface area (Å²) in [5, 5.41) is 2.44. The van der Waals surface area contributed by atoms with Crippen LogP contribution in [0.2, 0.25) is 0 Å². The number of nitrogens with one attached hydrogen (secondary N) is 1. The van der Waals surface area contributed by atoms with Gasteiger partial charge >= 0.3 is 0 Å². The molecule has 2 N–H and O–H groups in total. The zero-order valence-electron chi connectivity index (χ0n) is 8.31. The van der Waals surface area contributed by atoms with Gasteiger partial charge in [0.05, 0.1) is 4.90 Å². The van der Waals surface area contributed by atoms with E-state index in [0.29, 0.717) is 11.3 Å². The molecule has 0 atom stereocenters. The Morgan fingerprint density at radius 2 is 1.93 bits per heavy atom. The Kier molecular flexibility index (Phi) is 3.11. The maximum Gasteiger partial charge on any atom is 0.294 e. The molecule has 0 fully saturated rings. The first-order valence-electron chi connectivity index (χ1n) is 4.16. The van der Waals surface area contributed by atoms with Crippen LogP contribution in [0.25, 0.3) is 0 Å². The molecular formula is C9H11NO4S. The van der Waals surface area contributed by atoms with Gasteiger partial charge in [0.1, 0.15) is 0 Å². The number of aryl methyl sites for hydroxylation is 1. The highest BCUT2D eigenvalue weighted by Gasteiger charge is 2.11. The Labute approximate surface area is 87.9 Å². The predicted molar refractivity (Wildman–Crippen MR) is 55.3 cm³/mol. The van der Waals surface area contributed by atoms with Crippen LogP contribution in [-0.4, -0.2) is 18.9 Å². The third-order valence-corrected chi connectivity index (χ3v) is 2.50. The minimum atomic E-state index is -4.23. The Bertz CT molecular complexity index is 493. The van der Waals surface area contributed by atoms with Gasteiger partial charge in [0.2, 0.25) is 5.91 Å². The second-order valence-corrected chi connectivity index (χ2v) is 4.61. The highest BCUT2D eigenvalue weighted by molar-refractivity contribution is 7.85. The van der Waals surface area contributed by atoms with E-state index < -0.39 is 10.1 Å². The molecular weight excluding hydrogens is 218 g/mol. The maximum atomic E-state index is 10.9. The maximum absolute atomic E-state index is 10.9. The summed E-state index contributed by atoms with van der Waals surface area (Å²) in [6.45, 7) is 2.98. The molecule has 1 aromatic carbocycles. The quantitative estimate of drug-likeness (QED) is 0.746. The van der Waals surface area contributed by atoms with Crippen LogP contribution < -0.4 is 5.32 Å². The van der Waals surface area contributed by atoms with E-state index in [2.05, 4.69) is 5.32 Å². The number of benzene rings is 1. The first-order valence-corrected chi connectivity index (χ1v) is 5.60. The fourth-order valence-corrected chi connectivity index (χ4v) is 1.78. The third kappa shape index (κ3) is 3.34. The van der Waals surface area contributed by atoms with Crippen molar-refractivity contribution in [2.75, 3.05) is 5.32 Å². The number of hydrogen-bond donors (Lipinski definition) is 2. The van der Waals surface area contributed by atoms with Crippen molar-refractivity contribution in [2.24, 2.45) is 0 Å². The van der Waals surface area contributed by atoms with E-state index >= 15 is 0 Å². The lowest BCUT2D eigenvalue weighted by Gasteiger charge is -2.05. The van der Waals surface area contributed by atoms with Crippen LogP contribution in [0.5, 0.6) is 0 Å². The van der Waals surface area contributed by atoms with Crippen molar-refractivity contribution in [3.05, 3.63) is 23.8 Å². The van der Waals surface area contributed by atoms with E-state index in [-0.39, 0.29) is 10.8 Å². The minimum absolute atomic E-state index is 0.230. The zero-order chi connectivity index (χ0) is 11.6. The van der Waals surface area contributed by atoms with Crippen molar-refractivity contribution in [3.63, 3.8) is 0 Å². The monoisotopic (exact) mass is 229 g/mol. The van der Waals surface area contributed by atoms with Gasteiger partial charge in [-0.2, -0.15) is 8.42 Å². The first kappa shape index (κ1) is 11.7. The molecule has 0 bridgehead atoms. The molecule has 0 radical (unpaired) electrons. The van der Waals surface area contributed by atoms with Crippen molar-refractivity contribution in [3.8, 4) is 0 Å². The molecule has 5 nitrogen and oxygen atoms in total. The number of carbonyl (C=O) groups excluding carboxylic acids is 1. The zero-order valence-corrected chi connectivity index (χ0v) is 9.13. The van der Waals surface area contributed by atoms with Gasteiger partial charge in [-0.15, -0.1) is 0 Å². The van der Waals surface area contributed by atoms with Gasteiger partial charge in [-0.3, -0.25) is 9.35 Å². The van der Waals surface area contributed by atoms with Crippen molar-refractivity contribution in [2.45, 2.75) is 18.7 Å². The Balaban J connectivity index is 3.23. The van der Waals surface area contributed by atoms with Gasteiger partial charge in [0, 0.05) is 12.6 Å². The summed E-state index contributed by atoms with van der Waals surface area (Å²) < 4.78 is 30.6. The predicted octanol–water partition coefficient (Wildman–Crippen LogP) is 1.20. The fraction of sp³-hybridized carbons (Fsp3) is 0.222. The van der Waals surface area contributed by atoms with Crippen LogP contribution in [-0.2, 0) is 14.9 Å². The van der Waals surface area contributed by atoms with Crippen LogP contribution in [0.3, 0.4) is 0 Å². The average molecular weight is 229 g/mol. The number of carbonyl (C=O) groups is 1. The lowest BCUT2D eigenvalue weighted by molar-refractivity contribution is -0.114. The summed E-state index contributed by atoms with van der Waals surface area (Å²) >= 11 is 0. The standard InChI is InChI=1S/C9H11NO4S/c1-6-3-8(10-7(2)11)5-9(4-6)15(12,13)14/h3-5H,1-2H3,(H,10,11)(H,12,13,14). The topological polar surface area (TPSA) is 83.5 Å². The van der Waals surface area contributed by atoms with Crippen LogP contribution in [0.15, 0.2) is 23.1 Å². The summed E-state index contributed by atoms with van der Waals surface area (Å²) in [7, 11) is -4.23. The summed E-state index contributed by atoms with van der Waals surface area (Å²) in [6.07, 6.45) is 0. The van der Waals surface area contributed by atoms with Crippen LogP contribution in [0.1, 0.15) is 12.5 Å². The minimum Gasteiger partial charge on any atom is -0.326 e. The van der Waals surface area contributed by atoms with Gasteiger partial charge in [-0.05, 0) is 30.7 Å². The molecule has 0 aliphatic carbocycles.